The molecule has 0 bridgehead atoms. The molecule has 112 valence electrons. The molecule has 1 aliphatic heterocycles. The first kappa shape index (κ1) is 13.9. The summed E-state index contributed by atoms with van der Waals surface area (Å²) in [5.74, 6) is 0. The van der Waals surface area contributed by atoms with Crippen LogP contribution >= 0.6 is 11.8 Å². The van der Waals surface area contributed by atoms with Crippen LogP contribution in [0.15, 0.2) is 64.4 Å². The van der Waals surface area contributed by atoms with Gasteiger partial charge >= 0.3 is 0 Å². The van der Waals surface area contributed by atoms with Crippen molar-refractivity contribution >= 4 is 22.7 Å². The maximum absolute atomic E-state index is 3.65. The van der Waals surface area contributed by atoms with Gasteiger partial charge in [-0.3, -0.25) is 4.90 Å². The molecular weight excluding hydrogens is 288 g/mol. The van der Waals surface area contributed by atoms with Crippen LogP contribution in [0.2, 0.25) is 0 Å². The average molecular weight is 308 g/mol. The molecule has 0 amide bonds. The second kappa shape index (κ2) is 6.19. The Morgan fingerprint density at radius 1 is 0.909 bits per heavy atom. The maximum atomic E-state index is 3.65. The Morgan fingerprint density at radius 3 is 2.45 bits per heavy atom. The Hall–Kier alpha value is -1.71. The van der Waals surface area contributed by atoms with Crippen molar-refractivity contribution in [3.63, 3.8) is 0 Å². The fourth-order valence-corrected chi connectivity index (χ4v) is 4.23. The van der Waals surface area contributed by atoms with Crippen LogP contribution in [-0.2, 0) is 6.54 Å². The lowest BCUT2D eigenvalue weighted by atomic mass is 10.2. The van der Waals surface area contributed by atoms with E-state index in [0.29, 0.717) is 0 Å². The number of para-hydroxylation sites is 1. The van der Waals surface area contributed by atoms with Crippen LogP contribution in [0.25, 0.3) is 10.9 Å². The van der Waals surface area contributed by atoms with Gasteiger partial charge in [-0.25, -0.2) is 0 Å². The normalized spacial score (nSPS) is 15.6. The predicted molar refractivity (Wildman–Crippen MR) is 93.4 cm³/mol. The zero-order chi connectivity index (χ0) is 14.8. The van der Waals surface area contributed by atoms with E-state index in [2.05, 4.69) is 64.5 Å². The lowest BCUT2D eigenvalue weighted by Crippen LogP contribution is -2.18. The van der Waals surface area contributed by atoms with E-state index in [1.54, 1.807) is 0 Å². The molecule has 0 aliphatic carbocycles. The first-order chi connectivity index (χ1) is 10.9. The average Bonchev–Trinajstić information content (AvgIpc) is 3.18. The third kappa shape index (κ3) is 2.79. The van der Waals surface area contributed by atoms with Gasteiger partial charge in [0.2, 0.25) is 0 Å². The number of hydrogen-bond donors (Lipinski definition) is 1. The van der Waals surface area contributed by atoms with Crippen molar-refractivity contribution in [3.8, 4) is 0 Å². The number of benzene rings is 2. The van der Waals surface area contributed by atoms with Gasteiger partial charge in [0.25, 0.3) is 0 Å². The lowest BCUT2D eigenvalue weighted by molar-refractivity contribution is 0.325. The van der Waals surface area contributed by atoms with Crippen LogP contribution in [-0.4, -0.2) is 23.0 Å². The van der Waals surface area contributed by atoms with Crippen LogP contribution in [0.4, 0.5) is 0 Å². The Balaban J connectivity index is 1.72. The lowest BCUT2D eigenvalue weighted by Gasteiger charge is -2.14. The maximum Gasteiger partial charge on any atom is 0.0468 e. The topological polar surface area (TPSA) is 19.0 Å². The van der Waals surface area contributed by atoms with Gasteiger partial charge in [-0.05, 0) is 44.1 Å². The van der Waals surface area contributed by atoms with E-state index in [4.69, 9.17) is 0 Å². The van der Waals surface area contributed by atoms with Crippen molar-refractivity contribution in [2.24, 2.45) is 0 Å². The molecule has 1 aromatic heterocycles. The molecule has 2 nitrogen and oxygen atoms in total. The van der Waals surface area contributed by atoms with Crippen molar-refractivity contribution in [1.29, 1.82) is 0 Å². The molecule has 0 atom stereocenters. The van der Waals surface area contributed by atoms with Gasteiger partial charge in [0.05, 0.1) is 0 Å². The number of nitrogens with zero attached hydrogens (tertiary/aromatic N) is 1. The molecule has 0 spiro atoms. The predicted octanol–water partition coefficient (Wildman–Crippen LogP) is 4.91. The summed E-state index contributed by atoms with van der Waals surface area (Å²) in [4.78, 5) is 8.89. The van der Waals surface area contributed by atoms with Crippen molar-refractivity contribution in [2.45, 2.75) is 29.2 Å². The smallest absolute Gasteiger partial charge is 0.0468 e. The Bertz CT molecular complexity index is 757. The number of nitrogens with one attached hydrogen (secondary N) is 1. The number of aromatic nitrogens is 1. The summed E-state index contributed by atoms with van der Waals surface area (Å²) < 4.78 is 0. The Labute approximate surface area is 135 Å². The molecule has 0 radical (unpaired) electrons. The Morgan fingerprint density at radius 2 is 1.64 bits per heavy atom. The monoisotopic (exact) mass is 308 g/mol. The highest BCUT2D eigenvalue weighted by molar-refractivity contribution is 7.99. The van der Waals surface area contributed by atoms with Crippen LogP contribution in [0.1, 0.15) is 18.5 Å². The summed E-state index contributed by atoms with van der Waals surface area (Å²) in [7, 11) is 0. The molecular formula is C19H20N2S. The highest BCUT2D eigenvalue weighted by Crippen LogP contribution is 2.37. The summed E-state index contributed by atoms with van der Waals surface area (Å²) in [6, 6.07) is 19.3. The van der Waals surface area contributed by atoms with Gasteiger partial charge in [-0.15, -0.1) is 0 Å². The minimum absolute atomic E-state index is 1.03. The largest absolute Gasteiger partial charge is 0.356 e. The molecule has 0 saturated carbocycles. The van der Waals surface area contributed by atoms with E-state index < -0.39 is 0 Å². The molecule has 2 heterocycles. The van der Waals surface area contributed by atoms with Gasteiger partial charge in [0.15, 0.2) is 0 Å². The first-order valence-corrected chi connectivity index (χ1v) is 8.77. The van der Waals surface area contributed by atoms with E-state index in [1.165, 1.54) is 52.3 Å². The molecule has 1 aliphatic rings. The van der Waals surface area contributed by atoms with Gasteiger partial charge in [0, 0.05) is 32.9 Å². The van der Waals surface area contributed by atoms with Gasteiger partial charge < -0.3 is 4.98 Å². The van der Waals surface area contributed by atoms with Crippen molar-refractivity contribution in [1.82, 2.24) is 9.88 Å². The summed E-state index contributed by atoms with van der Waals surface area (Å²) in [5, 5.41) is 1.34. The number of likely N-dealkylation sites (tertiary alicyclic amines) is 1. The van der Waals surface area contributed by atoms with E-state index in [0.717, 1.165) is 6.54 Å². The quantitative estimate of drug-likeness (QED) is 0.738. The zero-order valence-corrected chi connectivity index (χ0v) is 13.4. The molecule has 3 aromatic rings. The molecule has 22 heavy (non-hydrogen) atoms. The van der Waals surface area contributed by atoms with Crippen LogP contribution < -0.4 is 0 Å². The summed E-state index contributed by atoms with van der Waals surface area (Å²) in [6.07, 6.45) is 2.67. The molecule has 1 N–H and O–H groups in total. The molecule has 2 aromatic carbocycles. The first-order valence-electron chi connectivity index (χ1n) is 7.95. The van der Waals surface area contributed by atoms with Gasteiger partial charge in [-0.1, -0.05) is 48.2 Å². The summed E-state index contributed by atoms with van der Waals surface area (Å²) >= 11 is 1.88. The number of rotatable bonds is 4. The molecule has 0 unspecified atom stereocenters. The van der Waals surface area contributed by atoms with Crippen LogP contribution in [0.5, 0.6) is 0 Å². The van der Waals surface area contributed by atoms with E-state index in [-0.39, 0.29) is 0 Å². The molecule has 3 heteroatoms. The van der Waals surface area contributed by atoms with Crippen LogP contribution in [0, 0.1) is 0 Å². The third-order valence-electron chi connectivity index (χ3n) is 4.27. The van der Waals surface area contributed by atoms with Crippen molar-refractivity contribution < 1.29 is 0 Å². The van der Waals surface area contributed by atoms with Crippen molar-refractivity contribution in [2.75, 3.05) is 13.1 Å². The van der Waals surface area contributed by atoms with Gasteiger partial charge in [0.1, 0.15) is 0 Å². The minimum Gasteiger partial charge on any atom is -0.356 e. The van der Waals surface area contributed by atoms with Crippen molar-refractivity contribution in [3.05, 3.63) is 60.3 Å². The second-order valence-electron chi connectivity index (χ2n) is 5.88. The van der Waals surface area contributed by atoms with Gasteiger partial charge in [-0.2, -0.15) is 0 Å². The fraction of sp³-hybridized carbons (Fsp3) is 0.263. The summed E-state index contributed by atoms with van der Waals surface area (Å²) in [6.45, 7) is 3.49. The van der Waals surface area contributed by atoms with E-state index in [1.807, 2.05) is 11.8 Å². The van der Waals surface area contributed by atoms with Crippen LogP contribution in [0.3, 0.4) is 0 Å². The number of fused-ring (bicyclic) bond motifs is 1. The Kier molecular flexibility index (Phi) is 3.92. The number of H-pyrrole nitrogens is 1. The third-order valence-corrected chi connectivity index (χ3v) is 5.45. The van der Waals surface area contributed by atoms with E-state index >= 15 is 0 Å². The highest BCUT2D eigenvalue weighted by atomic mass is 32.2. The SMILES string of the molecule is c1ccc(Sc2c(CN3CCCC3)[nH]c3ccccc23)cc1. The molecule has 1 saturated heterocycles. The minimum atomic E-state index is 1.03. The number of hydrogen-bond acceptors (Lipinski definition) is 2. The fourth-order valence-electron chi connectivity index (χ4n) is 3.17. The molecule has 4 rings (SSSR count). The second-order valence-corrected chi connectivity index (χ2v) is 6.96. The standard InChI is InChI=1S/C19H20N2S/c1-2-8-15(9-3-1)22-19-16-10-4-5-11-17(16)20-18(19)14-21-12-6-7-13-21/h1-5,8-11,20H,6-7,12-14H2. The zero-order valence-electron chi connectivity index (χ0n) is 12.6. The summed E-state index contributed by atoms with van der Waals surface area (Å²) in [5.41, 5.74) is 2.60. The molecule has 1 fully saturated rings. The highest BCUT2D eigenvalue weighted by Gasteiger charge is 2.17. The van der Waals surface area contributed by atoms with E-state index in [9.17, 15) is 0 Å². The number of aromatic amines is 1.